The van der Waals surface area contributed by atoms with E-state index in [1.807, 2.05) is 30.3 Å². The summed E-state index contributed by atoms with van der Waals surface area (Å²) in [6.07, 6.45) is 1.71. The van der Waals surface area contributed by atoms with Gasteiger partial charge in [0, 0.05) is 11.8 Å². The van der Waals surface area contributed by atoms with E-state index in [1.54, 1.807) is 16.9 Å². The van der Waals surface area contributed by atoms with Crippen molar-refractivity contribution in [1.82, 2.24) is 9.78 Å². The van der Waals surface area contributed by atoms with Crippen LogP contribution in [0.1, 0.15) is 17.3 Å². The van der Waals surface area contributed by atoms with E-state index in [1.165, 1.54) is 18.2 Å². The molecule has 0 bridgehead atoms. The van der Waals surface area contributed by atoms with Crippen LogP contribution in [0.4, 0.5) is 8.78 Å². The van der Waals surface area contributed by atoms with Crippen molar-refractivity contribution in [3.63, 3.8) is 0 Å². The molecule has 0 aliphatic heterocycles. The second-order valence-electron chi connectivity index (χ2n) is 4.63. The number of halogens is 2. The van der Waals surface area contributed by atoms with Gasteiger partial charge >= 0.3 is 0 Å². The molecule has 0 aliphatic carbocycles. The van der Waals surface area contributed by atoms with Crippen LogP contribution in [-0.4, -0.2) is 9.78 Å². The lowest BCUT2D eigenvalue weighted by molar-refractivity contribution is 0.540. The second-order valence-corrected chi connectivity index (χ2v) is 4.63. The standard InChI is InChI=1S/C16H13F2N3/c17-12-7-4-8-13(18)15(12)16(19)14-9-10-21(20-14)11-5-2-1-3-6-11/h1-10,16H,19H2. The van der Waals surface area contributed by atoms with Crippen molar-refractivity contribution in [3.05, 3.63) is 83.7 Å². The molecule has 0 spiro atoms. The number of aromatic nitrogens is 2. The van der Waals surface area contributed by atoms with Crippen LogP contribution in [0, 0.1) is 11.6 Å². The molecule has 0 saturated heterocycles. The third-order valence-electron chi connectivity index (χ3n) is 3.26. The van der Waals surface area contributed by atoms with E-state index < -0.39 is 17.7 Å². The highest BCUT2D eigenvalue weighted by Gasteiger charge is 2.20. The number of nitrogens with two attached hydrogens (primary N) is 1. The Kier molecular flexibility index (Phi) is 3.50. The van der Waals surface area contributed by atoms with E-state index in [0.29, 0.717) is 5.69 Å². The summed E-state index contributed by atoms with van der Waals surface area (Å²) in [5.74, 6) is -1.34. The van der Waals surface area contributed by atoms with Gasteiger partial charge in [-0.15, -0.1) is 0 Å². The van der Waals surface area contributed by atoms with Gasteiger partial charge in [0.25, 0.3) is 0 Å². The Morgan fingerprint density at radius 1 is 0.905 bits per heavy atom. The Morgan fingerprint density at radius 2 is 1.57 bits per heavy atom. The third kappa shape index (κ3) is 2.55. The summed E-state index contributed by atoms with van der Waals surface area (Å²) in [6, 6.07) is 13.8. The zero-order valence-corrected chi connectivity index (χ0v) is 11.1. The molecule has 3 aromatic rings. The smallest absolute Gasteiger partial charge is 0.131 e. The summed E-state index contributed by atoms with van der Waals surface area (Å²) in [5.41, 5.74) is 7.04. The van der Waals surface area contributed by atoms with Gasteiger partial charge in [0.1, 0.15) is 11.6 Å². The Bertz CT molecular complexity index is 733. The summed E-state index contributed by atoms with van der Waals surface area (Å²) >= 11 is 0. The topological polar surface area (TPSA) is 43.8 Å². The molecular formula is C16H13F2N3. The summed E-state index contributed by atoms with van der Waals surface area (Å²) in [5, 5.41) is 4.30. The molecule has 2 aromatic carbocycles. The minimum atomic E-state index is -0.948. The number of benzene rings is 2. The highest BCUT2D eigenvalue weighted by molar-refractivity contribution is 5.33. The van der Waals surface area contributed by atoms with Crippen molar-refractivity contribution in [3.8, 4) is 5.69 Å². The van der Waals surface area contributed by atoms with Gasteiger partial charge in [-0.05, 0) is 30.3 Å². The van der Waals surface area contributed by atoms with Gasteiger partial charge in [-0.3, -0.25) is 0 Å². The lowest BCUT2D eigenvalue weighted by Crippen LogP contribution is -2.16. The molecule has 5 heteroatoms. The quantitative estimate of drug-likeness (QED) is 0.803. The van der Waals surface area contributed by atoms with E-state index >= 15 is 0 Å². The molecule has 1 heterocycles. The lowest BCUT2D eigenvalue weighted by atomic mass is 10.0. The first-order valence-corrected chi connectivity index (χ1v) is 6.47. The maximum absolute atomic E-state index is 13.8. The van der Waals surface area contributed by atoms with Crippen molar-refractivity contribution in [2.45, 2.75) is 6.04 Å². The summed E-state index contributed by atoms with van der Waals surface area (Å²) in [6.45, 7) is 0. The molecule has 106 valence electrons. The molecule has 1 atom stereocenters. The molecule has 0 amide bonds. The zero-order valence-electron chi connectivity index (χ0n) is 11.1. The van der Waals surface area contributed by atoms with Crippen LogP contribution in [0.5, 0.6) is 0 Å². The molecule has 21 heavy (non-hydrogen) atoms. The molecule has 1 unspecified atom stereocenters. The molecule has 1 aromatic heterocycles. The van der Waals surface area contributed by atoms with Crippen molar-refractivity contribution in [2.24, 2.45) is 5.73 Å². The molecular weight excluding hydrogens is 272 g/mol. The SMILES string of the molecule is NC(c1ccn(-c2ccccc2)n1)c1c(F)cccc1F. The number of rotatable bonds is 3. The zero-order chi connectivity index (χ0) is 14.8. The van der Waals surface area contributed by atoms with E-state index in [4.69, 9.17) is 5.73 Å². The van der Waals surface area contributed by atoms with Gasteiger partial charge in [-0.2, -0.15) is 5.10 Å². The van der Waals surface area contributed by atoms with Gasteiger partial charge in [-0.1, -0.05) is 24.3 Å². The maximum Gasteiger partial charge on any atom is 0.131 e. The number of hydrogen-bond acceptors (Lipinski definition) is 2. The average molecular weight is 285 g/mol. The van der Waals surface area contributed by atoms with Crippen LogP contribution in [-0.2, 0) is 0 Å². The summed E-state index contributed by atoms with van der Waals surface area (Å²) in [4.78, 5) is 0. The van der Waals surface area contributed by atoms with Crippen LogP contribution in [0.3, 0.4) is 0 Å². The summed E-state index contributed by atoms with van der Waals surface area (Å²) < 4.78 is 29.1. The molecule has 0 radical (unpaired) electrons. The fourth-order valence-corrected chi connectivity index (χ4v) is 2.18. The first kappa shape index (κ1) is 13.5. The molecule has 3 rings (SSSR count). The van der Waals surface area contributed by atoms with Crippen molar-refractivity contribution >= 4 is 0 Å². The van der Waals surface area contributed by atoms with Gasteiger partial charge in [0.05, 0.1) is 17.4 Å². The van der Waals surface area contributed by atoms with Gasteiger partial charge in [0.2, 0.25) is 0 Å². The van der Waals surface area contributed by atoms with E-state index in [9.17, 15) is 8.78 Å². The van der Waals surface area contributed by atoms with Crippen molar-refractivity contribution in [2.75, 3.05) is 0 Å². The first-order valence-electron chi connectivity index (χ1n) is 6.47. The van der Waals surface area contributed by atoms with Gasteiger partial charge in [0.15, 0.2) is 0 Å². The largest absolute Gasteiger partial charge is 0.319 e. The second kappa shape index (κ2) is 5.46. The fourth-order valence-electron chi connectivity index (χ4n) is 2.18. The minimum absolute atomic E-state index is 0.171. The monoisotopic (exact) mass is 285 g/mol. The van der Waals surface area contributed by atoms with E-state index in [-0.39, 0.29) is 5.56 Å². The maximum atomic E-state index is 13.8. The highest BCUT2D eigenvalue weighted by Crippen LogP contribution is 2.24. The minimum Gasteiger partial charge on any atom is -0.319 e. The Hall–Kier alpha value is -2.53. The van der Waals surface area contributed by atoms with Crippen LogP contribution < -0.4 is 5.73 Å². The number of nitrogens with zero attached hydrogens (tertiary/aromatic N) is 2. The fraction of sp³-hybridized carbons (Fsp3) is 0.0625. The summed E-state index contributed by atoms with van der Waals surface area (Å²) in [7, 11) is 0. The third-order valence-corrected chi connectivity index (χ3v) is 3.26. The van der Waals surface area contributed by atoms with Crippen molar-refractivity contribution in [1.29, 1.82) is 0 Å². The normalized spacial score (nSPS) is 12.3. The lowest BCUT2D eigenvalue weighted by Gasteiger charge is -2.11. The van der Waals surface area contributed by atoms with Crippen LogP contribution in [0.15, 0.2) is 60.8 Å². The Morgan fingerprint density at radius 3 is 2.24 bits per heavy atom. The van der Waals surface area contributed by atoms with Crippen LogP contribution >= 0.6 is 0 Å². The van der Waals surface area contributed by atoms with Crippen LogP contribution in [0.2, 0.25) is 0 Å². The molecule has 0 aliphatic rings. The average Bonchev–Trinajstić information content (AvgIpc) is 2.97. The van der Waals surface area contributed by atoms with Gasteiger partial charge < -0.3 is 5.73 Å². The van der Waals surface area contributed by atoms with E-state index in [2.05, 4.69) is 5.10 Å². The predicted molar refractivity (Wildman–Crippen MR) is 76.0 cm³/mol. The Labute approximate surface area is 120 Å². The Balaban J connectivity index is 1.97. The number of para-hydroxylation sites is 1. The molecule has 0 fully saturated rings. The van der Waals surface area contributed by atoms with Crippen molar-refractivity contribution < 1.29 is 8.78 Å². The molecule has 3 nitrogen and oxygen atoms in total. The highest BCUT2D eigenvalue weighted by atomic mass is 19.1. The molecule has 2 N–H and O–H groups in total. The van der Waals surface area contributed by atoms with Gasteiger partial charge in [-0.25, -0.2) is 13.5 Å². The van der Waals surface area contributed by atoms with Crippen LogP contribution in [0.25, 0.3) is 5.69 Å². The number of hydrogen-bond donors (Lipinski definition) is 1. The predicted octanol–water partition coefficient (Wildman–Crippen LogP) is 3.20. The van der Waals surface area contributed by atoms with E-state index in [0.717, 1.165) is 5.69 Å². The first-order chi connectivity index (χ1) is 10.2. The molecule has 0 saturated carbocycles.